The molecule has 0 unspecified atom stereocenters. The number of halogens is 2. The largest absolute Gasteiger partial charge is 0.452 e. The fraction of sp³-hybridized carbons (Fsp3) is 0.182. The van der Waals surface area contributed by atoms with Crippen LogP contribution >= 0.6 is 0 Å². The van der Waals surface area contributed by atoms with Crippen molar-refractivity contribution in [2.24, 2.45) is 0 Å². The molecular weight excluding hydrogens is 378 g/mol. The standard InChI is InChI=1S/C22H20F2N2O3/c1-14(25-21(27)10-7-15-12-17(23)8-9-19(15)24)11-16-13-26(22(28)29-2)20-6-4-3-5-18(16)20/h3-10,12-14H,11H2,1-2H3,(H,25,27)/t14-/m1/s1. The minimum atomic E-state index is -0.612. The van der Waals surface area contributed by atoms with Crippen molar-refractivity contribution in [1.29, 1.82) is 0 Å². The summed E-state index contributed by atoms with van der Waals surface area (Å²) in [5.74, 6) is -1.63. The van der Waals surface area contributed by atoms with E-state index in [2.05, 4.69) is 5.32 Å². The number of fused-ring (bicyclic) bond motifs is 1. The zero-order chi connectivity index (χ0) is 21.0. The molecule has 7 heteroatoms. The van der Waals surface area contributed by atoms with Crippen molar-refractivity contribution in [3.8, 4) is 0 Å². The first-order valence-corrected chi connectivity index (χ1v) is 9.00. The highest BCUT2D eigenvalue weighted by molar-refractivity contribution is 5.93. The maximum atomic E-state index is 13.6. The average molecular weight is 398 g/mol. The third-order valence-corrected chi connectivity index (χ3v) is 4.45. The number of nitrogens with one attached hydrogen (secondary N) is 1. The van der Waals surface area contributed by atoms with Gasteiger partial charge < -0.3 is 10.1 Å². The third-order valence-electron chi connectivity index (χ3n) is 4.45. The van der Waals surface area contributed by atoms with E-state index >= 15 is 0 Å². The lowest BCUT2D eigenvalue weighted by atomic mass is 10.1. The molecule has 1 aromatic heterocycles. The summed E-state index contributed by atoms with van der Waals surface area (Å²) in [6.07, 6.45) is 4.05. The molecule has 0 saturated heterocycles. The number of aromatic nitrogens is 1. The molecule has 0 fully saturated rings. The van der Waals surface area contributed by atoms with E-state index < -0.39 is 23.6 Å². The molecular formula is C22H20F2N2O3. The first-order valence-electron chi connectivity index (χ1n) is 9.00. The minimum Gasteiger partial charge on any atom is -0.452 e. The minimum absolute atomic E-state index is 0.00560. The van der Waals surface area contributed by atoms with E-state index in [0.717, 1.165) is 35.2 Å². The molecule has 1 heterocycles. The second kappa shape index (κ2) is 8.68. The highest BCUT2D eigenvalue weighted by atomic mass is 19.1. The summed E-state index contributed by atoms with van der Waals surface area (Å²) < 4.78 is 33.1. The zero-order valence-corrected chi connectivity index (χ0v) is 16.0. The molecule has 1 N–H and O–H groups in total. The van der Waals surface area contributed by atoms with Crippen LogP contribution in [0.15, 0.2) is 54.7 Å². The third kappa shape index (κ3) is 4.68. The summed E-state index contributed by atoms with van der Waals surface area (Å²) in [4.78, 5) is 24.1. The Morgan fingerprint density at radius 1 is 1.21 bits per heavy atom. The van der Waals surface area contributed by atoms with Gasteiger partial charge in [-0.2, -0.15) is 0 Å². The monoisotopic (exact) mass is 398 g/mol. The Morgan fingerprint density at radius 3 is 2.72 bits per heavy atom. The van der Waals surface area contributed by atoms with Crippen LogP contribution < -0.4 is 5.32 Å². The number of methoxy groups -OCH3 is 1. The lowest BCUT2D eigenvalue weighted by molar-refractivity contribution is -0.117. The van der Waals surface area contributed by atoms with Gasteiger partial charge in [-0.05, 0) is 49.2 Å². The van der Waals surface area contributed by atoms with Gasteiger partial charge in [-0.15, -0.1) is 0 Å². The van der Waals surface area contributed by atoms with Gasteiger partial charge in [-0.3, -0.25) is 9.36 Å². The van der Waals surface area contributed by atoms with Crippen molar-refractivity contribution in [2.75, 3.05) is 7.11 Å². The summed E-state index contributed by atoms with van der Waals surface area (Å²) in [6, 6.07) is 10.2. The second-order valence-electron chi connectivity index (χ2n) is 6.62. The smallest absolute Gasteiger partial charge is 0.418 e. The van der Waals surface area contributed by atoms with E-state index in [-0.39, 0.29) is 11.6 Å². The van der Waals surface area contributed by atoms with Gasteiger partial charge in [0.05, 0.1) is 12.6 Å². The number of hydrogen-bond donors (Lipinski definition) is 1. The normalized spacial score (nSPS) is 12.3. The summed E-state index contributed by atoms with van der Waals surface area (Å²) in [7, 11) is 1.31. The van der Waals surface area contributed by atoms with Gasteiger partial charge in [0.1, 0.15) is 11.6 Å². The number of carbonyl (C=O) groups is 2. The van der Waals surface area contributed by atoms with E-state index in [0.29, 0.717) is 11.9 Å². The molecule has 1 atom stereocenters. The molecule has 2 aromatic carbocycles. The molecule has 1 amide bonds. The van der Waals surface area contributed by atoms with E-state index in [4.69, 9.17) is 4.74 Å². The first kappa shape index (κ1) is 20.3. The number of carbonyl (C=O) groups excluding carboxylic acids is 2. The van der Waals surface area contributed by atoms with Crippen molar-refractivity contribution in [2.45, 2.75) is 19.4 Å². The number of rotatable bonds is 5. The van der Waals surface area contributed by atoms with Crippen LogP contribution in [0.5, 0.6) is 0 Å². The van der Waals surface area contributed by atoms with Crippen LogP contribution in [0.2, 0.25) is 0 Å². The van der Waals surface area contributed by atoms with E-state index in [9.17, 15) is 18.4 Å². The molecule has 0 aliphatic heterocycles. The Bertz CT molecular complexity index is 1090. The molecule has 29 heavy (non-hydrogen) atoms. The molecule has 3 aromatic rings. The van der Waals surface area contributed by atoms with Crippen molar-refractivity contribution in [3.05, 3.63) is 77.5 Å². The fourth-order valence-corrected chi connectivity index (χ4v) is 3.14. The highest BCUT2D eigenvalue weighted by Gasteiger charge is 2.16. The lowest BCUT2D eigenvalue weighted by Crippen LogP contribution is -2.32. The van der Waals surface area contributed by atoms with Gasteiger partial charge in [0.25, 0.3) is 0 Å². The van der Waals surface area contributed by atoms with Crippen molar-refractivity contribution in [3.63, 3.8) is 0 Å². The van der Waals surface area contributed by atoms with E-state index in [1.54, 1.807) is 6.20 Å². The van der Waals surface area contributed by atoms with Crippen LogP contribution in [0.1, 0.15) is 18.1 Å². The van der Waals surface area contributed by atoms with Crippen LogP contribution in [0.3, 0.4) is 0 Å². The van der Waals surface area contributed by atoms with Crippen molar-refractivity contribution < 1.29 is 23.1 Å². The average Bonchev–Trinajstić information content (AvgIpc) is 3.06. The van der Waals surface area contributed by atoms with Gasteiger partial charge in [0, 0.05) is 29.3 Å². The number of hydrogen-bond acceptors (Lipinski definition) is 3. The summed E-state index contributed by atoms with van der Waals surface area (Å²) in [5, 5.41) is 3.67. The summed E-state index contributed by atoms with van der Waals surface area (Å²) in [6.45, 7) is 1.82. The highest BCUT2D eigenvalue weighted by Crippen LogP contribution is 2.23. The van der Waals surface area contributed by atoms with E-state index in [1.165, 1.54) is 17.8 Å². The molecule has 0 aliphatic rings. The quantitative estimate of drug-likeness (QED) is 0.652. The van der Waals surface area contributed by atoms with Crippen LogP contribution in [-0.2, 0) is 16.0 Å². The molecule has 0 radical (unpaired) electrons. The summed E-state index contributed by atoms with van der Waals surface area (Å²) >= 11 is 0. The number of amides is 1. The summed E-state index contributed by atoms with van der Waals surface area (Å²) in [5.41, 5.74) is 1.59. The van der Waals surface area contributed by atoms with Crippen molar-refractivity contribution in [1.82, 2.24) is 9.88 Å². The van der Waals surface area contributed by atoms with Crippen LogP contribution in [-0.4, -0.2) is 29.7 Å². The van der Waals surface area contributed by atoms with Gasteiger partial charge in [-0.25, -0.2) is 13.6 Å². The Labute approximate surface area is 166 Å². The SMILES string of the molecule is COC(=O)n1cc(C[C@@H](C)NC(=O)C=Cc2cc(F)ccc2F)c2ccccc21. The molecule has 0 bridgehead atoms. The van der Waals surface area contributed by atoms with Crippen LogP contribution in [0.25, 0.3) is 17.0 Å². The first-order chi connectivity index (χ1) is 13.9. The number of benzene rings is 2. The predicted molar refractivity (Wildman–Crippen MR) is 106 cm³/mol. The molecule has 3 rings (SSSR count). The van der Waals surface area contributed by atoms with Gasteiger partial charge >= 0.3 is 6.09 Å². The van der Waals surface area contributed by atoms with Crippen LogP contribution in [0, 0.1) is 11.6 Å². The maximum absolute atomic E-state index is 13.6. The zero-order valence-electron chi connectivity index (χ0n) is 16.0. The Morgan fingerprint density at radius 2 is 1.97 bits per heavy atom. The molecule has 0 spiro atoms. The topological polar surface area (TPSA) is 60.3 Å². The van der Waals surface area contributed by atoms with E-state index in [1.807, 2.05) is 31.2 Å². The Kier molecular flexibility index (Phi) is 6.07. The molecule has 0 saturated carbocycles. The molecule has 5 nitrogen and oxygen atoms in total. The molecule has 0 aliphatic carbocycles. The van der Waals surface area contributed by atoms with Crippen molar-refractivity contribution >= 4 is 29.0 Å². The Balaban J connectivity index is 1.71. The second-order valence-corrected chi connectivity index (χ2v) is 6.62. The van der Waals surface area contributed by atoms with Gasteiger partial charge in [0.2, 0.25) is 5.91 Å². The number of nitrogens with zero attached hydrogens (tertiary/aromatic N) is 1. The lowest BCUT2D eigenvalue weighted by Gasteiger charge is -2.12. The Hall–Kier alpha value is -3.48. The number of ether oxygens (including phenoxy) is 1. The van der Waals surface area contributed by atoms with Gasteiger partial charge in [0.15, 0.2) is 0 Å². The predicted octanol–water partition coefficient (Wildman–Crippen LogP) is 4.29. The van der Waals surface area contributed by atoms with Gasteiger partial charge in [-0.1, -0.05) is 18.2 Å². The molecule has 150 valence electrons. The van der Waals surface area contributed by atoms with Crippen LogP contribution in [0.4, 0.5) is 13.6 Å². The fourth-order valence-electron chi connectivity index (χ4n) is 3.14. The number of para-hydroxylation sites is 1. The maximum Gasteiger partial charge on any atom is 0.418 e.